The zero-order valence-corrected chi connectivity index (χ0v) is 17.4. The monoisotopic (exact) mass is 476 g/mol. The van der Waals surface area contributed by atoms with Crippen LogP contribution in [0.4, 0.5) is 23.7 Å². The number of alkyl halides is 3. The van der Waals surface area contributed by atoms with Gasteiger partial charge >= 0.3 is 12.2 Å². The van der Waals surface area contributed by atoms with Gasteiger partial charge in [-0.2, -0.15) is 18.3 Å². The third-order valence-corrected chi connectivity index (χ3v) is 5.77. The van der Waals surface area contributed by atoms with E-state index in [0.29, 0.717) is 5.69 Å². The van der Waals surface area contributed by atoms with E-state index in [0.717, 1.165) is 22.9 Å². The number of carbonyl (C=O) groups is 1. The van der Waals surface area contributed by atoms with Crippen LogP contribution in [0.5, 0.6) is 0 Å². The predicted molar refractivity (Wildman–Crippen MR) is 112 cm³/mol. The molecule has 12 heteroatoms. The molecule has 0 bridgehead atoms. The highest BCUT2D eigenvalue weighted by molar-refractivity contribution is 7.90. The first-order chi connectivity index (χ1) is 15.6. The number of hydrogen-bond acceptors (Lipinski definition) is 5. The molecule has 4 aromatic rings. The van der Waals surface area contributed by atoms with Gasteiger partial charge in [0.05, 0.1) is 16.8 Å². The Morgan fingerprint density at radius 1 is 0.970 bits per heavy atom. The lowest BCUT2D eigenvalue weighted by molar-refractivity contribution is -0.141. The second-order valence-corrected chi connectivity index (χ2v) is 8.40. The van der Waals surface area contributed by atoms with Gasteiger partial charge in [0, 0.05) is 11.8 Å². The van der Waals surface area contributed by atoms with Gasteiger partial charge in [-0.25, -0.2) is 22.6 Å². The molecular formula is C21H15F3N4O4S. The summed E-state index contributed by atoms with van der Waals surface area (Å²) in [6.07, 6.45) is -3.38. The number of furan rings is 1. The number of benzene rings is 2. The van der Waals surface area contributed by atoms with Crippen LogP contribution in [0.25, 0.3) is 17.1 Å². The van der Waals surface area contributed by atoms with Crippen molar-refractivity contribution in [2.24, 2.45) is 0 Å². The smallest absolute Gasteiger partial charge is 0.435 e. The minimum absolute atomic E-state index is 0.0308. The van der Waals surface area contributed by atoms with Gasteiger partial charge in [0.1, 0.15) is 5.69 Å². The Balaban J connectivity index is 1.59. The summed E-state index contributed by atoms with van der Waals surface area (Å²) >= 11 is 0. The highest BCUT2D eigenvalue weighted by Crippen LogP contribution is 2.33. The summed E-state index contributed by atoms with van der Waals surface area (Å²) in [6.45, 7) is 0. The molecule has 0 saturated carbocycles. The first-order valence-electron chi connectivity index (χ1n) is 9.34. The molecule has 2 N–H and O–H groups in total. The fourth-order valence-electron chi connectivity index (χ4n) is 2.94. The van der Waals surface area contributed by atoms with E-state index in [4.69, 9.17) is 4.42 Å². The Hall–Kier alpha value is -4.06. The van der Waals surface area contributed by atoms with Crippen molar-refractivity contribution in [1.29, 1.82) is 0 Å². The van der Waals surface area contributed by atoms with Crippen LogP contribution in [0, 0.1) is 0 Å². The molecule has 0 fully saturated rings. The number of halogens is 3. The van der Waals surface area contributed by atoms with Crippen molar-refractivity contribution in [3.8, 4) is 17.1 Å². The van der Waals surface area contributed by atoms with Gasteiger partial charge < -0.3 is 9.73 Å². The zero-order valence-electron chi connectivity index (χ0n) is 16.6. The van der Waals surface area contributed by atoms with E-state index in [9.17, 15) is 26.4 Å². The number of nitrogens with zero attached hydrogens (tertiary/aromatic N) is 2. The molecule has 33 heavy (non-hydrogen) atoms. The Bertz CT molecular complexity index is 1370. The largest absolute Gasteiger partial charge is 0.463 e. The van der Waals surface area contributed by atoms with Crippen molar-refractivity contribution in [1.82, 2.24) is 14.5 Å². The number of anilines is 1. The molecular weight excluding hydrogens is 461 g/mol. The highest BCUT2D eigenvalue weighted by atomic mass is 32.2. The molecule has 0 saturated heterocycles. The topological polar surface area (TPSA) is 106 Å². The first kappa shape index (κ1) is 22.1. The van der Waals surface area contributed by atoms with E-state index in [-0.39, 0.29) is 22.0 Å². The van der Waals surface area contributed by atoms with E-state index in [1.165, 1.54) is 30.5 Å². The fraction of sp³-hybridized carbons (Fsp3) is 0.0476. The number of urea groups is 1. The average molecular weight is 476 g/mol. The van der Waals surface area contributed by atoms with E-state index in [1.807, 2.05) is 4.72 Å². The molecule has 0 aliphatic carbocycles. The zero-order chi connectivity index (χ0) is 23.6. The van der Waals surface area contributed by atoms with Crippen LogP contribution in [-0.4, -0.2) is 24.2 Å². The van der Waals surface area contributed by atoms with Crippen LogP contribution < -0.4 is 10.0 Å². The Kier molecular flexibility index (Phi) is 5.68. The van der Waals surface area contributed by atoms with Crippen molar-refractivity contribution in [2.75, 3.05) is 5.32 Å². The number of aromatic nitrogens is 2. The molecule has 0 radical (unpaired) electrons. The van der Waals surface area contributed by atoms with E-state index < -0.39 is 27.9 Å². The van der Waals surface area contributed by atoms with Crippen LogP contribution in [0.2, 0.25) is 0 Å². The number of para-hydroxylation sites is 1. The van der Waals surface area contributed by atoms with Crippen molar-refractivity contribution < 1.29 is 30.8 Å². The molecule has 2 heterocycles. The van der Waals surface area contributed by atoms with Gasteiger partial charge in [-0.3, -0.25) is 0 Å². The lowest BCUT2D eigenvalue weighted by atomic mass is 10.2. The van der Waals surface area contributed by atoms with Crippen LogP contribution in [-0.2, 0) is 16.2 Å². The number of sulfonamides is 1. The Morgan fingerprint density at radius 3 is 2.27 bits per heavy atom. The van der Waals surface area contributed by atoms with Crippen LogP contribution in [0.1, 0.15) is 5.69 Å². The normalized spacial score (nSPS) is 11.8. The number of nitrogens with one attached hydrogen (secondary N) is 2. The molecule has 2 aromatic carbocycles. The van der Waals surface area contributed by atoms with Crippen molar-refractivity contribution >= 4 is 21.7 Å². The van der Waals surface area contributed by atoms with Gasteiger partial charge in [-0.05, 0) is 48.5 Å². The second-order valence-electron chi connectivity index (χ2n) is 6.72. The molecule has 2 aromatic heterocycles. The fourth-order valence-corrected chi connectivity index (χ4v) is 3.85. The van der Waals surface area contributed by atoms with Gasteiger partial charge in [-0.1, -0.05) is 18.2 Å². The van der Waals surface area contributed by atoms with Crippen molar-refractivity contribution in [3.63, 3.8) is 0 Å². The van der Waals surface area contributed by atoms with Gasteiger partial charge in [-0.15, -0.1) is 0 Å². The summed E-state index contributed by atoms with van der Waals surface area (Å²) in [4.78, 5) is 11.8. The molecule has 0 unspecified atom stereocenters. The van der Waals surface area contributed by atoms with E-state index in [2.05, 4.69) is 10.4 Å². The third kappa shape index (κ3) is 4.90. The summed E-state index contributed by atoms with van der Waals surface area (Å²) in [6, 6.07) is 15.9. The van der Waals surface area contributed by atoms with Crippen molar-refractivity contribution in [3.05, 3.63) is 84.8 Å². The minimum atomic E-state index is -4.69. The Labute approximate surface area is 185 Å². The molecule has 2 amide bonds. The highest BCUT2D eigenvalue weighted by Gasteiger charge is 2.35. The molecule has 0 aliphatic rings. The van der Waals surface area contributed by atoms with Crippen LogP contribution in [0.3, 0.4) is 0 Å². The van der Waals surface area contributed by atoms with Crippen molar-refractivity contribution in [2.45, 2.75) is 11.1 Å². The van der Waals surface area contributed by atoms with Gasteiger partial charge in [0.25, 0.3) is 10.0 Å². The van der Waals surface area contributed by atoms with Gasteiger partial charge in [0.2, 0.25) is 0 Å². The summed E-state index contributed by atoms with van der Waals surface area (Å²) in [5, 5.41) is 5.98. The second kappa shape index (κ2) is 8.47. The third-order valence-electron chi connectivity index (χ3n) is 4.42. The van der Waals surface area contributed by atoms with Crippen LogP contribution in [0.15, 0.2) is 88.4 Å². The van der Waals surface area contributed by atoms with E-state index >= 15 is 0 Å². The minimum Gasteiger partial charge on any atom is -0.463 e. The average Bonchev–Trinajstić information content (AvgIpc) is 3.44. The number of carbonyl (C=O) groups excluding carboxylic acids is 1. The summed E-state index contributed by atoms with van der Waals surface area (Å²) < 4.78 is 72.7. The standard InChI is InChI=1S/C21H15F3N4O4S/c22-21(23,24)19-13-17(18-7-4-12-32-18)28(26-19)15-8-10-16(11-9-15)33(30,31)27-20(29)25-14-5-2-1-3-6-14/h1-13H,(H2,25,27,29). The predicted octanol–water partition coefficient (Wildman–Crippen LogP) is 4.66. The van der Waals surface area contributed by atoms with Gasteiger partial charge in [0.15, 0.2) is 11.5 Å². The molecule has 0 atom stereocenters. The maximum atomic E-state index is 13.2. The van der Waals surface area contributed by atoms with E-state index in [1.54, 1.807) is 30.3 Å². The quantitative estimate of drug-likeness (QED) is 0.436. The molecule has 170 valence electrons. The molecule has 4 rings (SSSR count). The summed E-state index contributed by atoms with van der Waals surface area (Å²) in [7, 11) is -4.24. The molecule has 0 spiro atoms. The maximum Gasteiger partial charge on any atom is 0.435 e. The maximum absolute atomic E-state index is 13.2. The number of rotatable bonds is 5. The Morgan fingerprint density at radius 2 is 1.67 bits per heavy atom. The SMILES string of the molecule is O=C(Nc1ccccc1)NS(=O)(=O)c1ccc(-n2nc(C(F)(F)F)cc2-c2ccco2)cc1. The first-order valence-corrected chi connectivity index (χ1v) is 10.8. The lowest BCUT2D eigenvalue weighted by Gasteiger charge is -2.10. The summed E-state index contributed by atoms with van der Waals surface area (Å²) in [5.74, 6) is 0.147. The number of amides is 2. The number of hydrogen-bond donors (Lipinski definition) is 2. The van der Waals surface area contributed by atoms with Crippen LogP contribution >= 0.6 is 0 Å². The summed E-state index contributed by atoms with van der Waals surface area (Å²) in [5.41, 5.74) is -0.553. The lowest BCUT2D eigenvalue weighted by Crippen LogP contribution is -2.34. The molecule has 0 aliphatic heterocycles. The molecule has 8 nitrogen and oxygen atoms in total.